The van der Waals surface area contributed by atoms with E-state index in [-0.39, 0.29) is 16.2 Å². The van der Waals surface area contributed by atoms with E-state index in [0.717, 1.165) is 36.5 Å². The maximum atomic E-state index is 12.7. The van der Waals surface area contributed by atoms with Crippen LogP contribution in [0.3, 0.4) is 0 Å². The van der Waals surface area contributed by atoms with Gasteiger partial charge in [-0.3, -0.25) is 0 Å². The smallest absolute Gasteiger partial charge is 0.338 e. The highest BCUT2D eigenvalue weighted by atomic mass is 32.2. The molecule has 0 radical (unpaired) electrons. The average Bonchev–Trinajstić information content (AvgIpc) is 2.91. The summed E-state index contributed by atoms with van der Waals surface area (Å²) in [5.74, 6) is 2.86. The molecule has 3 unspecified atom stereocenters. The fraction of sp³-hybridized carbons (Fsp3) is 0.650. The lowest BCUT2D eigenvalue weighted by Gasteiger charge is -2.51. The zero-order valence-corrected chi connectivity index (χ0v) is 16.5. The number of cyclic esters (lactones) is 1. The number of esters is 1. The van der Waals surface area contributed by atoms with Crippen molar-refractivity contribution in [1.82, 2.24) is 4.90 Å². The van der Waals surface area contributed by atoms with Gasteiger partial charge < -0.3 is 9.64 Å². The molecular weight excluding hydrogens is 350 g/mol. The van der Waals surface area contributed by atoms with E-state index < -0.39 is 0 Å². The first-order chi connectivity index (χ1) is 12.1. The highest BCUT2D eigenvalue weighted by molar-refractivity contribution is 8.19. The Bertz CT molecular complexity index is 717. The van der Waals surface area contributed by atoms with Crippen LogP contribution in [0.1, 0.15) is 39.5 Å². The van der Waals surface area contributed by atoms with Crippen molar-refractivity contribution in [3.05, 3.63) is 34.6 Å². The number of hydrogen-bond acceptors (Lipinski definition) is 5. The molecule has 4 heterocycles. The third kappa shape index (κ3) is 2.38. The van der Waals surface area contributed by atoms with Crippen molar-refractivity contribution in [1.29, 1.82) is 0 Å². The number of carbonyl (C=O) groups is 1. The number of hydrogen-bond donors (Lipinski definition) is 0. The third-order valence-electron chi connectivity index (χ3n) is 6.17. The monoisotopic (exact) mass is 375 g/mol. The third-order valence-corrected chi connectivity index (χ3v) is 9.54. The molecule has 1 spiro atoms. The molecule has 0 aromatic carbocycles. The molecule has 0 amide bonds. The standard InChI is InChI=1S/C20H25NO2S2/c1-12-4-5-14-6-7-21-16(15(14)10-12)11-20(24-8-3-9-25-20)17-18(21)13(2)23-19(17)22/h5,10,12-13,16H,3-4,6-9,11H2,1-2H3. The van der Waals surface area contributed by atoms with Crippen molar-refractivity contribution in [2.75, 3.05) is 18.1 Å². The van der Waals surface area contributed by atoms with Gasteiger partial charge in [-0.15, -0.1) is 23.5 Å². The Balaban J connectivity index is 1.64. The summed E-state index contributed by atoms with van der Waals surface area (Å²) in [6.45, 7) is 5.39. The van der Waals surface area contributed by atoms with Gasteiger partial charge in [-0.1, -0.05) is 19.1 Å². The topological polar surface area (TPSA) is 29.5 Å². The van der Waals surface area contributed by atoms with Crippen LogP contribution in [0, 0.1) is 5.92 Å². The minimum absolute atomic E-state index is 0.0600. The van der Waals surface area contributed by atoms with Crippen LogP contribution in [0.2, 0.25) is 0 Å². The van der Waals surface area contributed by atoms with Crippen LogP contribution in [-0.4, -0.2) is 45.1 Å². The predicted molar refractivity (Wildman–Crippen MR) is 105 cm³/mol. The van der Waals surface area contributed by atoms with Crippen LogP contribution in [-0.2, 0) is 9.53 Å². The first-order valence-corrected chi connectivity index (χ1v) is 11.5. The predicted octanol–water partition coefficient (Wildman–Crippen LogP) is 4.12. The molecule has 0 aromatic rings. The van der Waals surface area contributed by atoms with Gasteiger partial charge >= 0.3 is 5.97 Å². The number of rotatable bonds is 0. The summed E-state index contributed by atoms with van der Waals surface area (Å²) in [5.41, 5.74) is 5.28. The summed E-state index contributed by atoms with van der Waals surface area (Å²) >= 11 is 3.99. The van der Waals surface area contributed by atoms with Crippen LogP contribution >= 0.6 is 23.5 Å². The maximum absolute atomic E-state index is 12.7. The second kappa shape index (κ2) is 5.85. The lowest BCUT2D eigenvalue weighted by Crippen LogP contribution is -2.52. The molecule has 5 rings (SSSR count). The van der Waals surface area contributed by atoms with Crippen molar-refractivity contribution in [2.24, 2.45) is 5.92 Å². The molecule has 2 saturated heterocycles. The maximum Gasteiger partial charge on any atom is 0.338 e. The number of nitrogens with zero attached hydrogens (tertiary/aromatic N) is 1. The molecule has 0 aromatic heterocycles. The normalized spacial score (nSPS) is 36.3. The van der Waals surface area contributed by atoms with Crippen LogP contribution < -0.4 is 0 Å². The van der Waals surface area contributed by atoms with Crippen LogP contribution in [0.5, 0.6) is 0 Å². The molecule has 4 aliphatic heterocycles. The quantitative estimate of drug-likeness (QED) is 0.594. The van der Waals surface area contributed by atoms with E-state index in [1.807, 2.05) is 23.5 Å². The minimum Gasteiger partial charge on any atom is -0.453 e. The number of carbonyl (C=O) groups excluding carboxylic acids is 1. The van der Waals surface area contributed by atoms with Crippen molar-refractivity contribution in [3.63, 3.8) is 0 Å². The van der Waals surface area contributed by atoms with Crippen LogP contribution in [0.4, 0.5) is 0 Å². The molecule has 3 nitrogen and oxygen atoms in total. The summed E-state index contributed by atoms with van der Waals surface area (Å²) in [7, 11) is 0. The highest BCUT2D eigenvalue weighted by Crippen LogP contribution is 2.59. The van der Waals surface area contributed by atoms with E-state index in [1.54, 1.807) is 5.57 Å². The van der Waals surface area contributed by atoms with Gasteiger partial charge in [-0.05, 0) is 54.8 Å². The number of thioether (sulfide) groups is 2. The fourth-order valence-corrected chi connectivity index (χ4v) is 8.55. The lowest BCUT2D eigenvalue weighted by molar-refractivity contribution is -0.139. The van der Waals surface area contributed by atoms with E-state index in [2.05, 4.69) is 30.9 Å². The molecule has 0 saturated carbocycles. The molecular formula is C20H25NO2S2. The van der Waals surface area contributed by atoms with Crippen LogP contribution in [0.25, 0.3) is 0 Å². The molecule has 5 aliphatic rings. The van der Waals surface area contributed by atoms with E-state index in [9.17, 15) is 4.79 Å². The first-order valence-electron chi connectivity index (χ1n) is 9.50. The Morgan fingerprint density at radius 2 is 2.08 bits per heavy atom. The number of ether oxygens (including phenoxy) is 1. The summed E-state index contributed by atoms with van der Waals surface area (Å²) in [4.78, 5) is 15.3. The molecule has 0 bridgehead atoms. The first kappa shape index (κ1) is 16.4. The second-order valence-corrected chi connectivity index (χ2v) is 10.9. The van der Waals surface area contributed by atoms with Gasteiger partial charge in [-0.2, -0.15) is 0 Å². The van der Waals surface area contributed by atoms with Crippen molar-refractivity contribution >= 4 is 29.5 Å². The molecule has 3 atom stereocenters. The van der Waals surface area contributed by atoms with Gasteiger partial charge in [0.2, 0.25) is 0 Å². The largest absolute Gasteiger partial charge is 0.453 e. The summed E-state index contributed by atoms with van der Waals surface area (Å²) < 4.78 is 5.63. The van der Waals surface area contributed by atoms with Crippen molar-refractivity contribution in [3.8, 4) is 0 Å². The van der Waals surface area contributed by atoms with E-state index in [1.165, 1.54) is 24.1 Å². The zero-order chi connectivity index (χ0) is 17.2. The molecule has 5 heteroatoms. The Hall–Kier alpha value is -0.810. The molecule has 1 aliphatic carbocycles. The Kier molecular flexibility index (Phi) is 3.83. The summed E-state index contributed by atoms with van der Waals surface area (Å²) in [5, 5.41) is 0. The summed E-state index contributed by atoms with van der Waals surface area (Å²) in [6.07, 6.45) is 9.42. The van der Waals surface area contributed by atoms with Gasteiger partial charge in [0.05, 0.1) is 21.4 Å². The van der Waals surface area contributed by atoms with Crippen molar-refractivity contribution in [2.45, 2.75) is 55.8 Å². The molecule has 25 heavy (non-hydrogen) atoms. The Morgan fingerprint density at radius 1 is 1.28 bits per heavy atom. The fourth-order valence-electron chi connectivity index (χ4n) is 5.08. The van der Waals surface area contributed by atoms with Gasteiger partial charge in [0.1, 0.15) is 6.10 Å². The summed E-state index contributed by atoms with van der Waals surface area (Å²) in [6, 6.07) is 0.413. The zero-order valence-electron chi connectivity index (χ0n) is 14.9. The van der Waals surface area contributed by atoms with Gasteiger partial charge in [-0.25, -0.2) is 4.79 Å². The van der Waals surface area contributed by atoms with Gasteiger partial charge in [0.25, 0.3) is 0 Å². The average molecular weight is 376 g/mol. The Labute approximate surface area is 158 Å². The minimum atomic E-state index is -0.0996. The van der Waals surface area contributed by atoms with Gasteiger partial charge in [0.15, 0.2) is 0 Å². The number of allylic oxidation sites excluding steroid dienone is 2. The molecule has 134 valence electrons. The van der Waals surface area contributed by atoms with Crippen molar-refractivity contribution < 1.29 is 9.53 Å². The second-order valence-electron chi connectivity index (χ2n) is 7.84. The lowest BCUT2D eigenvalue weighted by atomic mass is 9.78. The highest BCUT2D eigenvalue weighted by Gasteiger charge is 2.56. The molecule has 0 N–H and O–H groups in total. The SMILES string of the molecule is CC1C=C2C(=CC1)CCN1C3=C(C(=O)OC3C)C3(CC21)SCCCS3. The van der Waals surface area contributed by atoms with E-state index >= 15 is 0 Å². The Morgan fingerprint density at radius 3 is 2.88 bits per heavy atom. The number of fused-ring (bicyclic) bond motifs is 5. The van der Waals surface area contributed by atoms with E-state index in [0.29, 0.717) is 12.0 Å². The molecule has 2 fully saturated rings. The van der Waals surface area contributed by atoms with Gasteiger partial charge in [0, 0.05) is 13.0 Å². The number of piperidine rings is 1. The van der Waals surface area contributed by atoms with E-state index in [4.69, 9.17) is 4.74 Å². The van der Waals surface area contributed by atoms with Crippen LogP contribution in [0.15, 0.2) is 34.6 Å².